The first-order valence-electron chi connectivity index (χ1n) is 13.8. The molecule has 218 valence electrons. The number of hydrogen-bond donors (Lipinski definition) is 2. The summed E-state index contributed by atoms with van der Waals surface area (Å²) in [5.41, 5.74) is 0.633. The van der Waals surface area contributed by atoms with E-state index >= 15 is 0 Å². The molecule has 10 nitrogen and oxygen atoms in total. The van der Waals surface area contributed by atoms with Gasteiger partial charge in [0.05, 0.1) is 9.79 Å². The summed E-state index contributed by atoms with van der Waals surface area (Å²) in [5, 5.41) is 5.41. The van der Waals surface area contributed by atoms with E-state index < -0.39 is 20.0 Å². The smallest absolute Gasteiger partial charge is 0.251 e. The Balaban J connectivity index is 1.26. The van der Waals surface area contributed by atoms with Gasteiger partial charge in [0.15, 0.2) is 0 Å². The van der Waals surface area contributed by atoms with Gasteiger partial charge in [0.1, 0.15) is 0 Å². The quantitative estimate of drug-likeness (QED) is 0.432. The second-order valence-corrected chi connectivity index (χ2v) is 14.3. The number of carbonyl (C=O) groups is 2. The molecule has 4 rings (SSSR count). The molecule has 2 heterocycles. The molecule has 2 fully saturated rings. The fourth-order valence-electron chi connectivity index (χ4n) is 5.24. The lowest BCUT2D eigenvalue weighted by Crippen LogP contribution is -2.41. The molecule has 40 heavy (non-hydrogen) atoms. The predicted octanol–water partition coefficient (Wildman–Crippen LogP) is 2.97. The van der Waals surface area contributed by atoms with Gasteiger partial charge in [0, 0.05) is 49.4 Å². The Hall–Kier alpha value is -2.80. The molecule has 2 aliphatic rings. The first-order valence-corrected chi connectivity index (χ1v) is 16.7. The fourth-order valence-corrected chi connectivity index (χ4v) is 8.64. The van der Waals surface area contributed by atoms with Crippen LogP contribution in [0.4, 0.5) is 0 Å². The second kappa shape index (κ2) is 12.8. The van der Waals surface area contributed by atoms with Gasteiger partial charge in [-0.1, -0.05) is 12.8 Å². The van der Waals surface area contributed by atoms with Crippen molar-refractivity contribution in [3.63, 3.8) is 0 Å². The number of nitrogens with zero attached hydrogens (tertiary/aromatic N) is 2. The van der Waals surface area contributed by atoms with Crippen molar-refractivity contribution in [1.82, 2.24) is 19.2 Å². The van der Waals surface area contributed by atoms with E-state index in [2.05, 4.69) is 10.6 Å². The number of benzene rings is 2. The summed E-state index contributed by atoms with van der Waals surface area (Å²) in [6, 6.07) is 11.6. The molecule has 2 aliphatic heterocycles. The molecule has 0 spiro atoms. The second-order valence-electron chi connectivity index (χ2n) is 10.5. The number of sulfonamides is 2. The molecule has 2 saturated heterocycles. The van der Waals surface area contributed by atoms with Crippen molar-refractivity contribution in [3.8, 4) is 0 Å². The van der Waals surface area contributed by atoms with Crippen molar-refractivity contribution in [2.75, 3.05) is 26.2 Å². The molecular formula is C28H38N4O6S2. The van der Waals surface area contributed by atoms with Crippen molar-refractivity contribution in [2.45, 2.75) is 74.2 Å². The van der Waals surface area contributed by atoms with Crippen LogP contribution in [-0.4, -0.2) is 75.5 Å². The monoisotopic (exact) mass is 590 g/mol. The first kappa shape index (κ1) is 30.2. The number of amides is 2. The van der Waals surface area contributed by atoms with Crippen LogP contribution in [0.3, 0.4) is 0 Å². The van der Waals surface area contributed by atoms with Crippen LogP contribution in [0.25, 0.3) is 0 Å². The molecule has 12 heteroatoms. The molecule has 0 unspecified atom stereocenters. The number of piperidine rings is 2. The van der Waals surface area contributed by atoms with Crippen molar-refractivity contribution in [2.24, 2.45) is 0 Å². The third kappa shape index (κ3) is 6.73. The molecule has 0 bridgehead atoms. The van der Waals surface area contributed by atoms with Gasteiger partial charge in [-0.2, -0.15) is 8.61 Å². The zero-order chi connectivity index (χ0) is 28.9. The van der Waals surface area contributed by atoms with Crippen LogP contribution in [0.2, 0.25) is 0 Å². The van der Waals surface area contributed by atoms with E-state index in [9.17, 15) is 26.4 Å². The van der Waals surface area contributed by atoms with Gasteiger partial charge in [-0.3, -0.25) is 9.59 Å². The zero-order valence-electron chi connectivity index (χ0n) is 23.0. The first-order chi connectivity index (χ1) is 19.0. The topological polar surface area (TPSA) is 133 Å². The molecule has 0 aromatic heterocycles. The Bertz CT molecular complexity index is 1300. The van der Waals surface area contributed by atoms with E-state index in [0.717, 1.165) is 38.5 Å². The molecule has 2 atom stereocenters. The van der Waals surface area contributed by atoms with Crippen LogP contribution >= 0.6 is 0 Å². The van der Waals surface area contributed by atoms with Crippen LogP contribution in [0.1, 0.15) is 73.1 Å². The third-order valence-corrected chi connectivity index (χ3v) is 11.7. The van der Waals surface area contributed by atoms with Gasteiger partial charge in [-0.05, 0) is 88.1 Å². The lowest BCUT2D eigenvalue weighted by molar-refractivity contribution is 0.0927. The van der Waals surface area contributed by atoms with Crippen LogP contribution in [0.15, 0.2) is 58.3 Å². The van der Waals surface area contributed by atoms with Gasteiger partial charge in [0.2, 0.25) is 20.0 Å². The lowest BCUT2D eigenvalue weighted by atomic mass is 10.1. The molecule has 2 aromatic rings. The van der Waals surface area contributed by atoms with Gasteiger partial charge < -0.3 is 10.6 Å². The van der Waals surface area contributed by atoms with Crippen LogP contribution in [-0.2, 0) is 20.0 Å². The van der Waals surface area contributed by atoms with E-state index in [4.69, 9.17) is 0 Å². The van der Waals surface area contributed by atoms with Crippen molar-refractivity contribution >= 4 is 31.9 Å². The fraction of sp³-hybridized carbons (Fsp3) is 0.500. The van der Waals surface area contributed by atoms with E-state index in [1.54, 1.807) is 0 Å². The minimum absolute atomic E-state index is 0.0497. The molecule has 2 aromatic carbocycles. The molecular weight excluding hydrogens is 552 g/mol. The number of carbonyl (C=O) groups excluding carboxylic acids is 2. The number of hydrogen-bond acceptors (Lipinski definition) is 6. The largest absolute Gasteiger partial charge is 0.350 e. The molecule has 2 amide bonds. The predicted molar refractivity (Wildman–Crippen MR) is 152 cm³/mol. The maximum absolute atomic E-state index is 13.0. The van der Waals surface area contributed by atoms with Gasteiger partial charge >= 0.3 is 0 Å². The zero-order valence-corrected chi connectivity index (χ0v) is 24.6. The van der Waals surface area contributed by atoms with E-state index in [1.807, 2.05) is 13.8 Å². The average molecular weight is 591 g/mol. The highest BCUT2D eigenvalue weighted by Gasteiger charge is 2.32. The maximum Gasteiger partial charge on any atom is 0.251 e. The summed E-state index contributed by atoms with van der Waals surface area (Å²) in [5.74, 6) is -0.767. The van der Waals surface area contributed by atoms with Crippen LogP contribution < -0.4 is 10.6 Å². The van der Waals surface area contributed by atoms with E-state index in [1.165, 1.54) is 57.1 Å². The van der Waals surface area contributed by atoms with Crippen molar-refractivity contribution < 1.29 is 26.4 Å². The summed E-state index contributed by atoms with van der Waals surface area (Å²) in [7, 11) is -7.22. The van der Waals surface area contributed by atoms with Gasteiger partial charge in [0.25, 0.3) is 11.8 Å². The Labute approximate surface area is 237 Å². The third-order valence-electron chi connectivity index (χ3n) is 7.63. The van der Waals surface area contributed by atoms with Crippen LogP contribution in [0, 0.1) is 0 Å². The Morgan fingerprint density at radius 1 is 0.650 bits per heavy atom. The Morgan fingerprint density at radius 3 is 1.32 bits per heavy atom. The Kier molecular flexibility index (Phi) is 9.65. The minimum atomic E-state index is -3.61. The molecule has 0 saturated carbocycles. The Morgan fingerprint density at radius 2 is 1.00 bits per heavy atom. The minimum Gasteiger partial charge on any atom is -0.350 e. The van der Waals surface area contributed by atoms with E-state index in [-0.39, 0.29) is 46.8 Å². The summed E-state index contributed by atoms with van der Waals surface area (Å²) in [6.07, 6.45) is 5.38. The normalized spacial score (nSPS) is 21.1. The number of nitrogens with one attached hydrogen (secondary N) is 2. The lowest BCUT2D eigenvalue weighted by Gasteiger charge is -2.32. The average Bonchev–Trinajstić information content (AvgIpc) is 2.95. The van der Waals surface area contributed by atoms with Crippen LogP contribution in [0.5, 0.6) is 0 Å². The molecule has 0 radical (unpaired) electrons. The summed E-state index contributed by atoms with van der Waals surface area (Å²) in [6.45, 7) is 5.14. The maximum atomic E-state index is 13.0. The molecule has 0 aliphatic carbocycles. The van der Waals surface area contributed by atoms with E-state index in [0.29, 0.717) is 24.2 Å². The summed E-state index contributed by atoms with van der Waals surface area (Å²) in [4.78, 5) is 25.4. The highest BCUT2D eigenvalue weighted by molar-refractivity contribution is 7.89. The number of rotatable bonds is 9. The van der Waals surface area contributed by atoms with Crippen molar-refractivity contribution in [1.29, 1.82) is 0 Å². The highest BCUT2D eigenvalue weighted by Crippen LogP contribution is 2.26. The summed E-state index contributed by atoms with van der Waals surface area (Å²) < 4.78 is 55.0. The van der Waals surface area contributed by atoms with Crippen molar-refractivity contribution in [3.05, 3.63) is 59.7 Å². The SMILES string of the molecule is C[C@H]1CCCCN1S(=O)(=O)c1ccc(C(=O)NCCNC(=O)c2ccc(S(=O)(=O)N3CCCC[C@@H]3C)cc2)cc1. The standard InChI is InChI=1S/C28H38N4O6S2/c1-21-7-3-5-19-31(21)39(35,36)25-13-9-23(10-14-25)27(33)29-17-18-30-28(34)24-11-15-26(16-12-24)40(37,38)32-20-6-4-8-22(32)2/h9-16,21-22H,3-8,17-20H2,1-2H3,(H,29,33)(H,30,34)/t21-,22-/m0/s1. The highest BCUT2D eigenvalue weighted by atomic mass is 32.2. The summed E-state index contributed by atoms with van der Waals surface area (Å²) >= 11 is 0. The van der Waals surface area contributed by atoms with Gasteiger partial charge in [-0.25, -0.2) is 16.8 Å². The van der Waals surface area contributed by atoms with Gasteiger partial charge in [-0.15, -0.1) is 0 Å². The molecule has 2 N–H and O–H groups in total.